The minimum Gasteiger partial charge on any atom is -0.454 e. The second kappa shape index (κ2) is 8.58. The van der Waals surface area contributed by atoms with Crippen LogP contribution in [0.25, 0.3) is 0 Å². The summed E-state index contributed by atoms with van der Waals surface area (Å²) in [5, 5.41) is 6.16. The Morgan fingerprint density at radius 1 is 1.17 bits per heavy atom. The topological polar surface area (TPSA) is 59.6 Å². The van der Waals surface area contributed by atoms with E-state index in [4.69, 9.17) is 9.47 Å². The molecule has 1 aliphatic heterocycles. The molecule has 2 N–H and O–H groups in total. The van der Waals surface area contributed by atoms with Crippen LogP contribution >= 0.6 is 12.4 Å². The van der Waals surface area contributed by atoms with E-state index in [9.17, 15) is 4.79 Å². The number of ether oxygens (including phenoxy) is 2. The van der Waals surface area contributed by atoms with Gasteiger partial charge in [-0.05, 0) is 37.6 Å². The van der Waals surface area contributed by atoms with E-state index in [0.29, 0.717) is 26.3 Å². The molecule has 1 fully saturated rings. The van der Waals surface area contributed by atoms with Gasteiger partial charge < -0.3 is 20.1 Å². The molecule has 0 spiro atoms. The Morgan fingerprint density at radius 3 is 2.67 bits per heavy atom. The van der Waals surface area contributed by atoms with Crippen molar-refractivity contribution in [3.8, 4) is 11.5 Å². The number of rotatable bonds is 6. The Labute approximate surface area is 149 Å². The predicted octanol–water partition coefficient (Wildman–Crippen LogP) is 2.76. The lowest BCUT2D eigenvalue weighted by Crippen LogP contribution is -2.42. The highest BCUT2D eigenvalue weighted by molar-refractivity contribution is 5.85. The average molecular weight is 355 g/mol. The average Bonchev–Trinajstić information content (AvgIpc) is 3.06. The minimum atomic E-state index is 0. The summed E-state index contributed by atoms with van der Waals surface area (Å²) in [6, 6.07) is 6.24. The van der Waals surface area contributed by atoms with Crippen molar-refractivity contribution in [2.24, 2.45) is 0 Å². The Kier molecular flexibility index (Phi) is 6.75. The van der Waals surface area contributed by atoms with Gasteiger partial charge in [0.1, 0.15) is 0 Å². The van der Waals surface area contributed by atoms with Gasteiger partial charge in [-0.15, -0.1) is 12.4 Å². The van der Waals surface area contributed by atoms with Gasteiger partial charge in [0.25, 0.3) is 0 Å². The maximum absolute atomic E-state index is 12.0. The molecular formula is C18H27ClN2O3. The Hall–Kier alpha value is -1.46. The van der Waals surface area contributed by atoms with Crippen LogP contribution in [0.15, 0.2) is 18.2 Å². The monoisotopic (exact) mass is 354 g/mol. The molecule has 1 amide bonds. The van der Waals surface area contributed by atoms with Crippen LogP contribution in [0.3, 0.4) is 0 Å². The van der Waals surface area contributed by atoms with E-state index < -0.39 is 0 Å². The fraction of sp³-hybridized carbons (Fsp3) is 0.611. The Balaban J connectivity index is 0.00000208. The van der Waals surface area contributed by atoms with E-state index in [1.54, 1.807) is 0 Å². The van der Waals surface area contributed by atoms with Crippen LogP contribution in [-0.2, 0) is 10.2 Å². The minimum absolute atomic E-state index is 0. The molecule has 6 heteroatoms. The molecule has 1 aromatic rings. The van der Waals surface area contributed by atoms with Gasteiger partial charge in [-0.25, -0.2) is 0 Å². The third-order valence-electron chi connectivity index (χ3n) is 5.02. The molecule has 24 heavy (non-hydrogen) atoms. The summed E-state index contributed by atoms with van der Waals surface area (Å²) in [6.45, 7) is 1.71. The normalized spacial score (nSPS) is 17.9. The molecule has 3 rings (SSSR count). The van der Waals surface area contributed by atoms with E-state index in [1.807, 2.05) is 13.1 Å². The summed E-state index contributed by atoms with van der Waals surface area (Å²) < 4.78 is 11.0. The fourth-order valence-corrected chi connectivity index (χ4v) is 3.62. The fourth-order valence-electron chi connectivity index (χ4n) is 3.62. The molecule has 2 aliphatic rings. The lowest BCUT2D eigenvalue weighted by atomic mass is 9.69. The highest BCUT2D eigenvalue weighted by Crippen LogP contribution is 2.43. The second-order valence-corrected chi connectivity index (χ2v) is 6.54. The van der Waals surface area contributed by atoms with Crippen LogP contribution in [0.1, 0.15) is 44.1 Å². The van der Waals surface area contributed by atoms with Gasteiger partial charge in [0.05, 0.1) is 0 Å². The summed E-state index contributed by atoms with van der Waals surface area (Å²) in [6.07, 6.45) is 6.44. The van der Waals surface area contributed by atoms with E-state index in [-0.39, 0.29) is 23.7 Å². The summed E-state index contributed by atoms with van der Waals surface area (Å²) in [7, 11) is 1.86. The first-order chi connectivity index (χ1) is 11.2. The highest BCUT2D eigenvalue weighted by Gasteiger charge is 2.35. The lowest BCUT2D eigenvalue weighted by Gasteiger charge is -2.38. The van der Waals surface area contributed by atoms with E-state index >= 15 is 0 Å². The van der Waals surface area contributed by atoms with Crippen molar-refractivity contribution < 1.29 is 14.3 Å². The number of nitrogens with one attached hydrogen (secondary N) is 2. The van der Waals surface area contributed by atoms with Crippen LogP contribution < -0.4 is 20.1 Å². The van der Waals surface area contributed by atoms with Crippen molar-refractivity contribution >= 4 is 18.3 Å². The first kappa shape index (κ1) is 18.9. The number of benzene rings is 1. The Bertz CT molecular complexity index is 559. The summed E-state index contributed by atoms with van der Waals surface area (Å²) >= 11 is 0. The molecule has 0 unspecified atom stereocenters. The van der Waals surface area contributed by atoms with Crippen molar-refractivity contribution in [1.82, 2.24) is 10.6 Å². The standard InChI is InChI=1S/C18H26N2O3.ClH/c1-19-10-7-17(21)20-12-18(8-3-2-4-9-18)14-5-6-15-16(11-14)23-13-22-15;/h5-6,11,19H,2-4,7-10,12-13H2,1H3,(H,20,21);1H. The molecule has 0 bridgehead atoms. The van der Waals surface area contributed by atoms with Crippen molar-refractivity contribution in [1.29, 1.82) is 0 Å². The van der Waals surface area contributed by atoms with Crippen molar-refractivity contribution in [2.75, 3.05) is 26.9 Å². The maximum atomic E-state index is 12.0. The maximum Gasteiger partial charge on any atom is 0.231 e. The largest absolute Gasteiger partial charge is 0.454 e. The molecule has 134 valence electrons. The molecule has 0 aromatic heterocycles. The molecule has 0 radical (unpaired) electrons. The first-order valence-corrected chi connectivity index (χ1v) is 8.55. The van der Waals surface area contributed by atoms with Crippen molar-refractivity contribution in [3.63, 3.8) is 0 Å². The highest BCUT2D eigenvalue weighted by atomic mass is 35.5. The van der Waals surface area contributed by atoms with Crippen LogP contribution in [0.2, 0.25) is 0 Å². The summed E-state index contributed by atoms with van der Waals surface area (Å²) in [4.78, 5) is 12.0. The quantitative estimate of drug-likeness (QED) is 0.824. The van der Waals surface area contributed by atoms with Gasteiger partial charge in [0, 0.05) is 24.9 Å². The molecule has 1 aromatic carbocycles. The number of hydrogen-bond donors (Lipinski definition) is 2. The number of amides is 1. The van der Waals surface area contributed by atoms with E-state index in [2.05, 4.69) is 22.8 Å². The molecule has 0 saturated heterocycles. The number of fused-ring (bicyclic) bond motifs is 1. The summed E-state index contributed by atoms with van der Waals surface area (Å²) in [5.74, 6) is 1.76. The van der Waals surface area contributed by atoms with Crippen LogP contribution in [-0.4, -0.2) is 32.8 Å². The van der Waals surface area contributed by atoms with Gasteiger partial charge >= 0.3 is 0 Å². The van der Waals surface area contributed by atoms with E-state index in [0.717, 1.165) is 24.3 Å². The molecule has 0 atom stereocenters. The number of carbonyl (C=O) groups excluding carboxylic acids is 1. The SMILES string of the molecule is CNCCC(=O)NCC1(c2ccc3c(c2)OCO3)CCCCC1.Cl. The van der Waals surface area contributed by atoms with Gasteiger partial charge in [-0.1, -0.05) is 25.3 Å². The van der Waals surface area contributed by atoms with E-state index in [1.165, 1.54) is 24.8 Å². The smallest absolute Gasteiger partial charge is 0.231 e. The zero-order valence-electron chi connectivity index (χ0n) is 14.2. The van der Waals surface area contributed by atoms with Gasteiger partial charge in [0.2, 0.25) is 12.7 Å². The van der Waals surface area contributed by atoms with Crippen LogP contribution in [0.4, 0.5) is 0 Å². The number of carbonyl (C=O) groups is 1. The third kappa shape index (κ3) is 4.14. The van der Waals surface area contributed by atoms with Gasteiger partial charge in [0.15, 0.2) is 11.5 Å². The Morgan fingerprint density at radius 2 is 1.92 bits per heavy atom. The first-order valence-electron chi connectivity index (χ1n) is 8.55. The molecule has 5 nitrogen and oxygen atoms in total. The molecule has 1 aliphatic carbocycles. The molecule has 1 saturated carbocycles. The number of hydrogen-bond acceptors (Lipinski definition) is 4. The van der Waals surface area contributed by atoms with Gasteiger partial charge in [-0.3, -0.25) is 4.79 Å². The predicted molar refractivity (Wildman–Crippen MR) is 96.1 cm³/mol. The second-order valence-electron chi connectivity index (χ2n) is 6.54. The van der Waals surface area contributed by atoms with Crippen molar-refractivity contribution in [3.05, 3.63) is 23.8 Å². The van der Waals surface area contributed by atoms with Gasteiger partial charge in [-0.2, -0.15) is 0 Å². The molecular weight excluding hydrogens is 328 g/mol. The summed E-state index contributed by atoms with van der Waals surface area (Å²) in [5.41, 5.74) is 1.28. The zero-order valence-corrected chi connectivity index (χ0v) is 15.0. The van der Waals surface area contributed by atoms with Crippen LogP contribution in [0.5, 0.6) is 11.5 Å². The number of halogens is 1. The third-order valence-corrected chi connectivity index (χ3v) is 5.02. The molecule has 1 heterocycles. The lowest BCUT2D eigenvalue weighted by molar-refractivity contribution is -0.121. The van der Waals surface area contributed by atoms with Crippen LogP contribution in [0, 0.1) is 0 Å². The van der Waals surface area contributed by atoms with Crippen molar-refractivity contribution in [2.45, 2.75) is 43.9 Å². The zero-order chi connectivity index (χ0) is 16.1.